The Morgan fingerprint density at radius 1 is 1.29 bits per heavy atom. The number of rotatable bonds is 5. The lowest BCUT2D eigenvalue weighted by Crippen LogP contribution is -2.43. The Hall–Kier alpha value is -1.45. The van der Waals surface area contributed by atoms with Crippen molar-refractivity contribution in [1.29, 1.82) is 0 Å². The van der Waals surface area contributed by atoms with Crippen molar-refractivity contribution < 1.29 is 4.74 Å². The van der Waals surface area contributed by atoms with E-state index in [9.17, 15) is 0 Å². The molecule has 0 amide bonds. The van der Waals surface area contributed by atoms with E-state index in [1.165, 1.54) is 29.2 Å². The standard InChI is InChI=1S/C18H24N2O/c1-3-20-17(18(21-2)10-4-5-11-18)15-8-6-7-14-9-12-19-13-16(14)15/h6-9,12-13,17,20H,3-5,10-11H2,1-2H3. The van der Waals surface area contributed by atoms with Gasteiger partial charge in [0.2, 0.25) is 0 Å². The first-order chi connectivity index (χ1) is 10.3. The summed E-state index contributed by atoms with van der Waals surface area (Å²) in [6.07, 6.45) is 8.58. The van der Waals surface area contributed by atoms with E-state index in [0.29, 0.717) is 0 Å². The molecule has 1 atom stereocenters. The van der Waals surface area contributed by atoms with Gasteiger partial charge >= 0.3 is 0 Å². The predicted octanol–water partition coefficient (Wildman–Crippen LogP) is 3.84. The van der Waals surface area contributed by atoms with E-state index < -0.39 is 0 Å². The third kappa shape index (κ3) is 2.56. The summed E-state index contributed by atoms with van der Waals surface area (Å²) in [5.74, 6) is 0. The predicted molar refractivity (Wildman–Crippen MR) is 86.4 cm³/mol. The summed E-state index contributed by atoms with van der Waals surface area (Å²) < 4.78 is 6.03. The van der Waals surface area contributed by atoms with Crippen molar-refractivity contribution in [2.24, 2.45) is 0 Å². The van der Waals surface area contributed by atoms with Gasteiger partial charge < -0.3 is 10.1 Å². The monoisotopic (exact) mass is 284 g/mol. The maximum Gasteiger partial charge on any atom is 0.0872 e. The largest absolute Gasteiger partial charge is 0.376 e. The average Bonchev–Trinajstić information content (AvgIpc) is 3.02. The first-order valence-corrected chi connectivity index (χ1v) is 7.92. The van der Waals surface area contributed by atoms with E-state index in [1.807, 2.05) is 19.5 Å². The van der Waals surface area contributed by atoms with Gasteiger partial charge in [0.05, 0.1) is 11.6 Å². The molecule has 0 radical (unpaired) electrons. The van der Waals surface area contributed by atoms with Gasteiger partial charge in [0, 0.05) is 24.9 Å². The minimum Gasteiger partial charge on any atom is -0.376 e. The number of aromatic nitrogens is 1. The highest BCUT2D eigenvalue weighted by Crippen LogP contribution is 2.43. The molecule has 0 bridgehead atoms. The van der Waals surface area contributed by atoms with Gasteiger partial charge in [-0.25, -0.2) is 0 Å². The fourth-order valence-corrected chi connectivity index (χ4v) is 3.76. The van der Waals surface area contributed by atoms with Crippen LogP contribution in [0.15, 0.2) is 36.7 Å². The molecular weight excluding hydrogens is 260 g/mol. The van der Waals surface area contributed by atoms with Gasteiger partial charge in [0.1, 0.15) is 0 Å². The Bertz CT molecular complexity index is 600. The van der Waals surface area contributed by atoms with Crippen molar-refractivity contribution in [3.8, 4) is 0 Å². The molecule has 1 aliphatic carbocycles. The molecule has 3 rings (SSSR count). The van der Waals surface area contributed by atoms with Crippen molar-refractivity contribution in [2.75, 3.05) is 13.7 Å². The van der Waals surface area contributed by atoms with E-state index in [1.54, 1.807) is 0 Å². The van der Waals surface area contributed by atoms with Crippen LogP contribution in [0.1, 0.15) is 44.2 Å². The van der Waals surface area contributed by atoms with Crippen LogP contribution in [0.25, 0.3) is 10.8 Å². The maximum atomic E-state index is 6.03. The molecule has 2 aromatic rings. The first kappa shape index (κ1) is 14.5. The molecule has 1 N–H and O–H groups in total. The highest BCUT2D eigenvalue weighted by atomic mass is 16.5. The van der Waals surface area contributed by atoms with Gasteiger partial charge in [0.25, 0.3) is 0 Å². The second-order valence-corrected chi connectivity index (χ2v) is 5.91. The molecule has 0 saturated heterocycles. The van der Waals surface area contributed by atoms with Gasteiger partial charge in [-0.3, -0.25) is 4.98 Å². The van der Waals surface area contributed by atoms with Gasteiger partial charge in [-0.1, -0.05) is 38.0 Å². The molecule has 1 aromatic heterocycles. The quantitative estimate of drug-likeness (QED) is 0.905. The number of likely N-dealkylation sites (N-methyl/N-ethyl adjacent to an activating group) is 1. The Labute approximate surface area is 126 Å². The van der Waals surface area contributed by atoms with Crippen LogP contribution >= 0.6 is 0 Å². The van der Waals surface area contributed by atoms with E-state index in [0.717, 1.165) is 19.4 Å². The Kier molecular flexibility index (Phi) is 4.22. The second-order valence-electron chi connectivity index (χ2n) is 5.91. The fraction of sp³-hybridized carbons (Fsp3) is 0.500. The lowest BCUT2D eigenvalue weighted by molar-refractivity contribution is -0.0360. The maximum absolute atomic E-state index is 6.03. The zero-order valence-electron chi connectivity index (χ0n) is 12.9. The zero-order chi connectivity index (χ0) is 14.7. The highest BCUT2D eigenvalue weighted by Gasteiger charge is 2.42. The number of methoxy groups -OCH3 is 1. The average molecular weight is 284 g/mol. The summed E-state index contributed by atoms with van der Waals surface area (Å²) in [6.45, 7) is 3.10. The molecule has 3 nitrogen and oxygen atoms in total. The van der Waals surface area contributed by atoms with Crippen LogP contribution in [0, 0.1) is 0 Å². The third-order valence-electron chi connectivity index (χ3n) is 4.82. The molecule has 1 heterocycles. The Morgan fingerprint density at radius 3 is 2.81 bits per heavy atom. The van der Waals surface area contributed by atoms with Crippen LogP contribution in [0.3, 0.4) is 0 Å². The van der Waals surface area contributed by atoms with E-state index in [4.69, 9.17) is 4.74 Å². The van der Waals surface area contributed by atoms with Gasteiger partial charge in [-0.05, 0) is 36.4 Å². The lowest BCUT2D eigenvalue weighted by Gasteiger charge is -2.37. The number of fused-ring (bicyclic) bond motifs is 1. The van der Waals surface area contributed by atoms with Crippen LogP contribution < -0.4 is 5.32 Å². The van der Waals surface area contributed by atoms with Crippen LogP contribution in [-0.4, -0.2) is 24.2 Å². The summed E-state index contributed by atoms with van der Waals surface area (Å²) in [7, 11) is 1.86. The molecule has 21 heavy (non-hydrogen) atoms. The first-order valence-electron chi connectivity index (χ1n) is 7.92. The molecule has 112 valence electrons. The fourth-order valence-electron chi connectivity index (χ4n) is 3.76. The van der Waals surface area contributed by atoms with Crippen LogP contribution in [-0.2, 0) is 4.74 Å². The normalized spacial score (nSPS) is 19.0. The van der Waals surface area contributed by atoms with E-state index >= 15 is 0 Å². The Balaban J connectivity index is 2.11. The minimum absolute atomic E-state index is 0.0832. The second kappa shape index (κ2) is 6.12. The molecule has 3 heteroatoms. The van der Waals surface area contributed by atoms with Gasteiger partial charge in [0.15, 0.2) is 0 Å². The van der Waals surface area contributed by atoms with Crippen molar-refractivity contribution in [1.82, 2.24) is 10.3 Å². The third-order valence-corrected chi connectivity index (χ3v) is 4.82. The smallest absolute Gasteiger partial charge is 0.0872 e. The SMILES string of the molecule is CCNC(c1cccc2ccncc12)C1(OC)CCCC1. The summed E-state index contributed by atoms with van der Waals surface area (Å²) in [4.78, 5) is 4.32. The molecule has 1 unspecified atom stereocenters. The van der Waals surface area contributed by atoms with Crippen LogP contribution in [0.4, 0.5) is 0 Å². The number of pyridine rings is 1. The zero-order valence-corrected chi connectivity index (χ0v) is 12.9. The minimum atomic E-state index is -0.0832. The molecule has 0 spiro atoms. The molecule has 1 aliphatic rings. The van der Waals surface area contributed by atoms with Crippen molar-refractivity contribution >= 4 is 10.8 Å². The molecular formula is C18H24N2O. The summed E-state index contributed by atoms with van der Waals surface area (Å²) in [5, 5.41) is 6.15. The summed E-state index contributed by atoms with van der Waals surface area (Å²) in [5.41, 5.74) is 1.23. The Morgan fingerprint density at radius 2 is 2.10 bits per heavy atom. The molecule has 0 aliphatic heterocycles. The van der Waals surface area contributed by atoms with Crippen LogP contribution in [0.5, 0.6) is 0 Å². The highest BCUT2D eigenvalue weighted by molar-refractivity contribution is 5.85. The number of ether oxygens (including phenoxy) is 1. The number of nitrogens with one attached hydrogen (secondary N) is 1. The number of hydrogen-bond donors (Lipinski definition) is 1. The lowest BCUT2D eigenvalue weighted by atomic mass is 9.84. The molecule has 1 saturated carbocycles. The van der Waals surface area contributed by atoms with E-state index in [-0.39, 0.29) is 11.6 Å². The number of nitrogens with zero attached hydrogens (tertiary/aromatic N) is 1. The molecule has 1 aromatic carbocycles. The van der Waals surface area contributed by atoms with Crippen molar-refractivity contribution in [3.05, 3.63) is 42.2 Å². The van der Waals surface area contributed by atoms with Gasteiger partial charge in [-0.2, -0.15) is 0 Å². The number of hydrogen-bond acceptors (Lipinski definition) is 3. The van der Waals surface area contributed by atoms with E-state index in [2.05, 4.69) is 41.5 Å². The van der Waals surface area contributed by atoms with Gasteiger partial charge in [-0.15, -0.1) is 0 Å². The molecule has 1 fully saturated rings. The summed E-state index contributed by atoms with van der Waals surface area (Å²) in [6, 6.07) is 8.81. The van der Waals surface area contributed by atoms with Crippen LogP contribution in [0.2, 0.25) is 0 Å². The topological polar surface area (TPSA) is 34.2 Å². The van der Waals surface area contributed by atoms with Crippen molar-refractivity contribution in [2.45, 2.75) is 44.2 Å². The number of benzene rings is 1. The summed E-state index contributed by atoms with van der Waals surface area (Å²) >= 11 is 0. The van der Waals surface area contributed by atoms with Crippen molar-refractivity contribution in [3.63, 3.8) is 0 Å².